The normalized spacial score (nSPS) is 24.1. The molecule has 0 aliphatic heterocycles. The molecule has 0 bridgehead atoms. The third kappa shape index (κ3) is 2.59. The number of ketones is 1. The summed E-state index contributed by atoms with van der Waals surface area (Å²) >= 11 is 0. The summed E-state index contributed by atoms with van der Waals surface area (Å²) in [6.07, 6.45) is -4.27. The topological polar surface area (TPSA) is 51.2 Å². The molecule has 1 aliphatic rings. The zero-order valence-corrected chi connectivity index (χ0v) is 11.5. The van der Waals surface area contributed by atoms with Gasteiger partial charge in [-0.05, 0) is 24.6 Å². The van der Waals surface area contributed by atoms with Crippen LogP contribution in [0.2, 0.25) is 0 Å². The summed E-state index contributed by atoms with van der Waals surface area (Å²) in [5.74, 6) is -0.833. The quantitative estimate of drug-likeness (QED) is 0.844. The smallest absolute Gasteiger partial charge is 0.299 e. The highest BCUT2D eigenvalue weighted by Crippen LogP contribution is 2.35. The lowest BCUT2D eigenvalue weighted by molar-refractivity contribution is -0.137. The lowest BCUT2D eigenvalue weighted by Crippen LogP contribution is -2.26. The minimum Gasteiger partial charge on any atom is -0.299 e. The first-order valence-electron chi connectivity index (χ1n) is 6.08. The van der Waals surface area contributed by atoms with Crippen molar-refractivity contribution in [3.8, 4) is 0 Å². The Morgan fingerprint density at radius 2 is 1.90 bits per heavy atom. The van der Waals surface area contributed by atoms with Crippen molar-refractivity contribution < 1.29 is 26.4 Å². The number of carbonyl (C=O) groups excluding carboxylic acids is 1. The highest BCUT2D eigenvalue weighted by molar-refractivity contribution is 7.92. The molecule has 2 atom stereocenters. The summed E-state index contributed by atoms with van der Waals surface area (Å²) in [6.45, 7) is 1.51. The van der Waals surface area contributed by atoms with E-state index >= 15 is 0 Å². The molecule has 0 radical (unpaired) electrons. The van der Waals surface area contributed by atoms with Crippen molar-refractivity contribution in [1.29, 1.82) is 0 Å². The number of sulfone groups is 1. The number of hydrogen-bond acceptors (Lipinski definition) is 3. The summed E-state index contributed by atoms with van der Waals surface area (Å²) in [5.41, 5.74) is -1.00. The molecular formula is C13H13F3O3S. The maximum Gasteiger partial charge on any atom is 0.416 e. The van der Waals surface area contributed by atoms with Crippen molar-refractivity contribution in [2.45, 2.75) is 36.1 Å². The second-order valence-corrected chi connectivity index (χ2v) is 7.07. The second-order valence-electron chi connectivity index (χ2n) is 4.90. The molecule has 1 aromatic rings. The van der Waals surface area contributed by atoms with Gasteiger partial charge >= 0.3 is 6.18 Å². The van der Waals surface area contributed by atoms with E-state index in [1.165, 1.54) is 6.92 Å². The fourth-order valence-electron chi connectivity index (χ4n) is 2.42. The molecule has 2 rings (SSSR count). The molecule has 0 amide bonds. The van der Waals surface area contributed by atoms with Gasteiger partial charge in [0.2, 0.25) is 0 Å². The predicted molar refractivity (Wildman–Crippen MR) is 65.8 cm³/mol. The Labute approximate surface area is 114 Å². The molecule has 7 heteroatoms. The maximum atomic E-state index is 12.6. The van der Waals surface area contributed by atoms with Crippen LogP contribution in [0.5, 0.6) is 0 Å². The van der Waals surface area contributed by atoms with E-state index in [4.69, 9.17) is 0 Å². The molecule has 1 fully saturated rings. The first-order valence-corrected chi connectivity index (χ1v) is 7.62. The Bertz CT molecular complexity index is 635. The summed E-state index contributed by atoms with van der Waals surface area (Å²) in [4.78, 5) is 11.1. The Kier molecular flexibility index (Phi) is 3.66. The van der Waals surface area contributed by atoms with E-state index in [0.717, 1.165) is 18.2 Å². The molecule has 0 spiro atoms. The molecule has 2 unspecified atom stereocenters. The van der Waals surface area contributed by atoms with Gasteiger partial charge in [-0.3, -0.25) is 4.79 Å². The molecule has 0 saturated heterocycles. The van der Waals surface area contributed by atoms with Crippen molar-refractivity contribution in [2.24, 2.45) is 5.92 Å². The number of Topliss-reactive ketones (excluding diaryl/α,β-unsaturated/α-hetero) is 1. The fraction of sp³-hybridized carbons (Fsp3) is 0.462. The minimum absolute atomic E-state index is 0.157. The Morgan fingerprint density at radius 3 is 2.40 bits per heavy atom. The van der Waals surface area contributed by atoms with E-state index < -0.39 is 32.7 Å². The van der Waals surface area contributed by atoms with Gasteiger partial charge in [-0.1, -0.05) is 13.0 Å². The average molecular weight is 306 g/mol. The standard InChI is InChI=1S/C13H13F3O3S/c1-8-11(17)5-6-12(8)20(18,19)10-4-2-3-9(7-10)13(14,15)16/h2-4,7-8,12H,5-6H2,1H3. The zero-order chi connectivity index (χ0) is 15.1. The van der Waals surface area contributed by atoms with Crippen LogP contribution in [0.3, 0.4) is 0 Å². The van der Waals surface area contributed by atoms with Crippen molar-refractivity contribution >= 4 is 15.6 Å². The number of benzene rings is 1. The molecule has 0 N–H and O–H groups in total. The highest BCUT2D eigenvalue weighted by atomic mass is 32.2. The van der Waals surface area contributed by atoms with Crippen LogP contribution in [0.25, 0.3) is 0 Å². The van der Waals surface area contributed by atoms with Gasteiger partial charge in [-0.2, -0.15) is 13.2 Å². The Balaban J connectivity index is 2.43. The molecule has 0 aromatic heterocycles. The third-order valence-corrected chi connectivity index (χ3v) is 5.98. The molecule has 1 saturated carbocycles. The van der Waals surface area contributed by atoms with E-state index in [-0.39, 0.29) is 23.5 Å². The number of rotatable bonds is 2. The van der Waals surface area contributed by atoms with Crippen LogP contribution in [0, 0.1) is 5.92 Å². The summed E-state index contributed by atoms with van der Waals surface area (Å²) < 4.78 is 62.6. The molecule has 3 nitrogen and oxygen atoms in total. The number of halogens is 3. The largest absolute Gasteiger partial charge is 0.416 e. The van der Waals surface area contributed by atoms with Crippen LogP contribution in [0.1, 0.15) is 25.3 Å². The summed E-state index contributed by atoms with van der Waals surface area (Å²) in [7, 11) is -3.92. The Hall–Kier alpha value is -1.37. The lowest BCUT2D eigenvalue weighted by atomic mass is 10.1. The number of alkyl halides is 3. The summed E-state index contributed by atoms with van der Waals surface area (Å²) in [6, 6.07) is 3.66. The summed E-state index contributed by atoms with van der Waals surface area (Å²) in [5, 5.41) is -0.932. The monoisotopic (exact) mass is 306 g/mol. The Morgan fingerprint density at radius 1 is 1.25 bits per heavy atom. The van der Waals surface area contributed by atoms with Crippen LogP contribution in [-0.2, 0) is 20.8 Å². The van der Waals surface area contributed by atoms with Gasteiger partial charge in [-0.15, -0.1) is 0 Å². The van der Waals surface area contributed by atoms with Crippen molar-refractivity contribution in [2.75, 3.05) is 0 Å². The van der Waals surface area contributed by atoms with E-state index in [2.05, 4.69) is 0 Å². The number of hydrogen-bond donors (Lipinski definition) is 0. The molecule has 110 valence electrons. The van der Waals surface area contributed by atoms with E-state index in [1.54, 1.807) is 0 Å². The van der Waals surface area contributed by atoms with Gasteiger partial charge in [0.25, 0.3) is 0 Å². The van der Waals surface area contributed by atoms with Crippen LogP contribution in [0.4, 0.5) is 13.2 Å². The van der Waals surface area contributed by atoms with Crippen molar-refractivity contribution in [1.82, 2.24) is 0 Å². The van der Waals surface area contributed by atoms with E-state index in [9.17, 15) is 26.4 Å². The molecule has 0 heterocycles. The van der Waals surface area contributed by atoms with Gasteiger partial charge in [-0.25, -0.2) is 8.42 Å². The second kappa shape index (κ2) is 4.87. The molecular weight excluding hydrogens is 293 g/mol. The van der Waals surface area contributed by atoms with Crippen molar-refractivity contribution in [3.05, 3.63) is 29.8 Å². The van der Waals surface area contributed by atoms with E-state index in [1.807, 2.05) is 0 Å². The zero-order valence-electron chi connectivity index (χ0n) is 10.6. The van der Waals surface area contributed by atoms with Gasteiger partial charge in [0.15, 0.2) is 9.84 Å². The third-order valence-electron chi connectivity index (χ3n) is 3.63. The maximum absolute atomic E-state index is 12.6. The average Bonchev–Trinajstić information content (AvgIpc) is 2.70. The SMILES string of the molecule is CC1C(=O)CCC1S(=O)(=O)c1cccc(C(F)(F)F)c1. The fourth-order valence-corrected chi connectivity index (χ4v) is 4.44. The van der Waals surface area contributed by atoms with Gasteiger partial charge < -0.3 is 0 Å². The van der Waals surface area contributed by atoms with Crippen LogP contribution in [-0.4, -0.2) is 19.5 Å². The first kappa shape index (κ1) is 15.0. The van der Waals surface area contributed by atoms with Gasteiger partial charge in [0.05, 0.1) is 15.7 Å². The minimum atomic E-state index is -4.59. The first-order chi connectivity index (χ1) is 9.14. The van der Waals surface area contributed by atoms with Crippen molar-refractivity contribution in [3.63, 3.8) is 0 Å². The molecule has 1 aliphatic carbocycles. The lowest BCUT2D eigenvalue weighted by Gasteiger charge is -2.16. The predicted octanol–water partition coefficient (Wildman–Crippen LogP) is 2.85. The highest BCUT2D eigenvalue weighted by Gasteiger charge is 2.41. The molecule has 1 aromatic carbocycles. The van der Waals surface area contributed by atoms with Crippen LogP contribution >= 0.6 is 0 Å². The van der Waals surface area contributed by atoms with Crippen LogP contribution in [0.15, 0.2) is 29.2 Å². The van der Waals surface area contributed by atoms with E-state index in [0.29, 0.717) is 6.07 Å². The van der Waals surface area contributed by atoms with Gasteiger partial charge in [0, 0.05) is 12.3 Å². The number of carbonyl (C=O) groups is 1. The molecule has 20 heavy (non-hydrogen) atoms. The van der Waals surface area contributed by atoms with Gasteiger partial charge in [0.1, 0.15) is 5.78 Å². The van der Waals surface area contributed by atoms with Crippen LogP contribution < -0.4 is 0 Å².